The van der Waals surface area contributed by atoms with Crippen molar-refractivity contribution in [3.63, 3.8) is 0 Å². The predicted octanol–water partition coefficient (Wildman–Crippen LogP) is 2.59. The highest BCUT2D eigenvalue weighted by Crippen LogP contribution is 2.35. The molecular weight excluding hydrogens is 270 g/mol. The van der Waals surface area contributed by atoms with Crippen molar-refractivity contribution >= 4 is 28.2 Å². The highest BCUT2D eigenvalue weighted by molar-refractivity contribution is 7.09. The first-order valence-corrected chi connectivity index (χ1v) is 7.62. The van der Waals surface area contributed by atoms with Crippen molar-refractivity contribution in [3.05, 3.63) is 34.9 Å². The van der Waals surface area contributed by atoms with E-state index in [4.69, 9.17) is 0 Å². The molecule has 1 aliphatic rings. The number of hydrogen-bond donors (Lipinski definition) is 0. The van der Waals surface area contributed by atoms with E-state index >= 15 is 0 Å². The number of aryl methyl sites for hydroxylation is 1. The van der Waals surface area contributed by atoms with Crippen LogP contribution in [-0.4, -0.2) is 25.8 Å². The average molecular weight is 285 g/mol. The third kappa shape index (κ3) is 1.96. The zero-order chi connectivity index (χ0) is 13.5. The molecule has 0 bridgehead atoms. The normalized spacial score (nSPS) is 14.8. The minimum Gasteiger partial charge on any atom is -0.348 e. The van der Waals surface area contributed by atoms with Crippen LogP contribution < -0.4 is 4.90 Å². The number of thiophene rings is 1. The summed E-state index contributed by atoms with van der Waals surface area (Å²) in [5, 5.41) is 7.47. The Morgan fingerprint density at radius 1 is 1.40 bits per heavy atom. The van der Waals surface area contributed by atoms with E-state index in [0.29, 0.717) is 6.04 Å². The number of fused-ring (bicyclic) bond motifs is 1. The van der Waals surface area contributed by atoms with E-state index in [0.717, 1.165) is 23.4 Å². The fourth-order valence-corrected chi connectivity index (χ4v) is 3.21. The molecule has 0 amide bonds. The van der Waals surface area contributed by atoms with Gasteiger partial charge in [-0.05, 0) is 24.3 Å². The molecule has 1 fully saturated rings. The topological polar surface area (TPSA) is 46.8 Å². The van der Waals surface area contributed by atoms with Crippen LogP contribution in [0.3, 0.4) is 0 Å². The van der Waals surface area contributed by atoms with Gasteiger partial charge in [0.25, 0.3) is 0 Å². The van der Waals surface area contributed by atoms with Crippen LogP contribution >= 0.6 is 11.3 Å². The summed E-state index contributed by atoms with van der Waals surface area (Å²) in [5.74, 6) is 1.01. The van der Waals surface area contributed by atoms with Gasteiger partial charge in [0.1, 0.15) is 12.1 Å². The minimum absolute atomic E-state index is 0.607. The van der Waals surface area contributed by atoms with Gasteiger partial charge in [-0.1, -0.05) is 6.07 Å². The van der Waals surface area contributed by atoms with E-state index in [1.54, 1.807) is 22.3 Å². The zero-order valence-corrected chi connectivity index (χ0v) is 12.0. The maximum atomic E-state index is 4.53. The molecule has 0 spiro atoms. The number of rotatable bonds is 4. The predicted molar refractivity (Wildman–Crippen MR) is 79.8 cm³/mol. The lowest BCUT2D eigenvalue weighted by molar-refractivity contribution is 0.779. The Labute approximate surface area is 120 Å². The number of hydrogen-bond acceptors (Lipinski definition) is 5. The van der Waals surface area contributed by atoms with Gasteiger partial charge in [-0.15, -0.1) is 11.3 Å². The molecule has 102 valence electrons. The second-order valence-electron chi connectivity index (χ2n) is 5.14. The summed E-state index contributed by atoms with van der Waals surface area (Å²) in [6, 6.07) is 4.89. The van der Waals surface area contributed by atoms with Gasteiger partial charge in [-0.3, -0.25) is 4.68 Å². The van der Waals surface area contributed by atoms with Gasteiger partial charge in [0.05, 0.1) is 18.1 Å². The Morgan fingerprint density at radius 2 is 2.30 bits per heavy atom. The standard InChI is InChI=1S/C14H15N5S/c1-18-13-12(7-17-18)14(16-9-15-13)19(10-4-5-10)8-11-3-2-6-20-11/h2-3,6-7,9-10H,4-5,8H2,1H3. The molecule has 0 atom stereocenters. The van der Waals surface area contributed by atoms with Crippen LogP contribution in [-0.2, 0) is 13.6 Å². The zero-order valence-electron chi connectivity index (χ0n) is 11.2. The van der Waals surface area contributed by atoms with E-state index in [1.165, 1.54) is 17.7 Å². The molecule has 0 N–H and O–H groups in total. The van der Waals surface area contributed by atoms with E-state index in [2.05, 4.69) is 37.5 Å². The third-order valence-corrected chi connectivity index (χ3v) is 4.54. The van der Waals surface area contributed by atoms with Crippen molar-refractivity contribution in [2.75, 3.05) is 4.90 Å². The Kier molecular flexibility index (Phi) is 2.70. The molecule has 20 heavy (non-hydrogen) atoms. The van der Waals surface area contributed by atoms with E-state index < -0.39 is 0 Å². The van der Waals surface area contributed by atoms with Crippen molar-refractivity contribution in [2.24, 2.45) is 7.05 Å². The van der Waals surface area contributed by atoms with Gasteiger partial charge in [0.2, 0.25) is 0 Å². The van der Waals surface area contributed by atoms with Crippen LogP contribution in [0, 0.1) is 0 Å². The van der Waals surface area contributed by atoms with E-state index in [-0.39, 0.29) is 0 Å². The van der Waals surface area contributed by atoms with E-state index in [1.807, 2.05) is 13.2 Å². The van der Waals surface area contributed by atoms with Crippen molar-refractivity contribution in [1.82, 2.24) is 19.7 Å². The van der Waals surface area contributed by atoms with Crippen molar-refractivity contribution < 1.29 is 0 Å². The van der Waals surface area contributed by atoms with Gasteiger partial charge in [-0.25, -0.2) is 9.97 Å². The molecule has 4 rings (SSSR count). The summed E-state index contributed by atoms with van der Waals surface area (Å²) in [6.07, 6.45) is 6.01. The summed E-state index contributed by atoms with van der Waals surface area (Å²) in [4.78, 5) is 12.6. The fraction of sp³-hybridized carbons (Fsp3) is 0.357. The molecule has 6 heteroatoms. The SMILES string of the molecule is Cn1ncc2c(N(Cc3cccs3)C3CC3)ncnc21. The molecule has 5 nitrogen and oxygen atoms in total. The highest BCUT2D eigenvalue weighted by atomic mass is 32.1. The Balaban J connectivity index is 1.78. The van der Waals surface area contributed by atoms with E-state index in [9.17, 15) is 0 Å². The molecule has 0 radical (unpaired) electrons. The van der Waals surface area contributed by atoms with Crippen LogP contribution in [0.4, 0.5) is 5.82 Å². The summed E-state index contributed by atoms with van der Waals surface area (Å²) in [7, 11) is 1.92. The summed E-state index contributed by atoms with van der Waals surface area (Å²) < 4.78 is 1.80. The van der Waals surface area contributed by atoms with Crippen LogP contribution in [0.5, 0.6) is 0 Å². The van der Waals surface area contributed by atoms with Gasteiger partial charge in [0, 0.05) is 18.0 Å². The molecule has 3 heterocycles. The molecule has 1 saturated carbocycles. The lowest BCUT2D eigenvalue weighted by Crippen LogP contribution is -2.25. The number of nitrogens with zero attached hydrogens (tertiary/aromatic N) is 5. The van der Waals surface area contributed by atoms with Crippen LogP contribution in [0.25, 0.3) is 11.0 Å². The van der Waals surface area contributed by atoms with Gasteiger partial charge >= 0.3 is 0 Å². The van der Waals surface area contributed by atoms with Crippen molar-refractivity contribution in [3.8, 4) is 0 Å². The number of anilines is 1. The first-order chi connectivity index (χ1) is 9.83. The van der Waals surface area contributed by atoms with Crippen molar-refractivity contribution in [1.29, 1.82) is 0 Å². The molecule has 1 aliphatic carbocycles. The smallest absolute Gasteiger partial charge is 0.163 e. The molecule has 0 aromatic carbocycles. The van der Waals surface area contributed by atoms with Gasteiger partial charge < -0.3 is 4.90 Å². The van der Waals surface area contributed by atoms with Gasteiger partial charge in [-0.2, -0.15) is 5.10 Å². The average Bonchev–Trinajstić information content (AvgIpc) is 3.04. The first-order valence-electron chi connectivity index (χ1n) is 6.74. The Bertz CT molecular complexity index is 729. The lowest BCUT2D eigenvalue weighted by Gasteiger charge is -2.23. The molecular formula is C14H15N5S. The van der Waals surface area contributed by atoms with Crippen molar-refractivity contribution in [2.45, 2.75) is 25.4 Å². The maximum absolute atomic E-state index is 4.53. The molecule has 3 aromatic rings. The second-order valence-corrected chi connectivity index (χ2v) is 6.17. The van der Waals surface area contributed by atoms with Crippen LogP contribution in [0.15, 0.2) is 30.0 Å². The van der Waals surface area contributed by atoms with Gasteiger partial charge in [0.15, 0.2) is 5.65 Å². The first kappa shape index (κ1) is 11.8. The highest BCUT2D eigenvalue weighted by Gasteiger charge is 2.31. The monoisotopic (exact) mass is 285 g/mol. The Morgan fingerprint density at radius 3 is 3.05 bits per heavy atom. The van der Waals surface area contributed by atoms with Crippen LogP contribution in [0.1, 0.15) is 17.7 Å². The summed E-state index contributed by atoms with van der Waals surface area (Å²) >= 11 is 1.80. The second kappa shape index (κ2) is 4.56. The minimum atomic E-state index is 0.607. The lowest BCUT2D eigenvalue weighted by atomic mass is 10.3. The largest absolute Gasteiger partial charge is 0.348 e. The Hall–Kier alpha value is -1.95. The third-order valence-electron chi connectivity index (χ3n) is 3.67. The summed E-state index contributed by atoms with van der Waals surface area (Å²) in [6.45, 7) is 0.920. The van der Waals surface area contributed by atoms with Crippen LogP contribution in [0.2, 0.25) is 0 Å². The molecule has 3 aromatic heterocycles. The summed E-state index contributed by atoms with van der Waals surface area (Å²) in [5.41, 5.74) is 0.895. The quantitative estimate of drug-likeness (QED) is 0.739. The molecule has 0 aliphatic heterocycles. The fourth-order valence-electron chi connectivity index (χ4n) is 2.51. The molecule has 0 unspecified atom stereocenters. The number of aromatic nitrogens is 4. The molecule has 0 saturated heterocycles. The maximum Gasteiger partial charge on any atom is 0.163 e.